The highest BCUT2D eigenvalue weighted by atomic mass is 32.2. The number of carbonyl (C=O) groups excluding carboxylic acids is 1. The number of thioether (sulfide) groups is 1. The van der Waals surface area contributed by atoms with Crippen LogP contribution in [0.3, 0.4) is 0 Å². The van der Waals surface area contributed by atoms with Gasteiger partial charge >= 0.3 is 0 Å². The number of rotatable bonds is 2. The van der Waals surface area contributed by atoms with E-state index in [1.54, 1.807) is 18.8 Å². The molecule has 1 heterocycles. The van der Waals surface area contributed by atoms with Crippen LogP contribution in [-0.4, -0.2) is 36.5 Å². The first-order valence-electron chi connectivity index (χ1n) is 3.88. The Labute approximate surface area is 76.2 Å². The number of aliphatic imine (C=N–C) groups is 1. The molecule has 0 aromatic rings. The fourth-order valence-electron chi connectivity index (χ4n) is 0.818. The highest BCUT2D eigenvalue weighted by Gasteiger charge is 2.14. The number of amides is 1. The van der Waals surface area contributed by atoms with Crippen molar-refractivity contribution >= 4 is 22.8 Å². The molecule has 2 N–H and O–H groups in total. The van der Waals surface area contributed by atoms with Gasteiger partial charge in [-0.05, 0) is 0 Å². The van der Waals surface area contributed by atoms with Gasteiger partial charge in [-0.2, -0.15) is 0 Å². The highest BCUT2D eigenvalue weighted by molar-refractivity contribution is 8.14. The molecule has 4 nitrogen and oxygen atoms in total. The van der Waals surface area contributed by atoms with Crippen molar-refractivity contribution in [1.82, 2.24) is 10.6 Å². The maximum Gasteiger partial charge on any atom is 0.239 e. The molecule has 0 saturated heterocycles. The number of likely N-dealkylation sites (N-methyl/N-ethyl adjacent to an activating group) is 1. The lowest BCUT2D eigenvalue weighted by molar-refractivity contribution is -0.119. The minimum atomic E-state index is -0.0159. The van der Waals surface area contributed by atoms with Crippen molar-refractivity contribution in [2.75, 3.05) is 20.1 Å². The normalized spacial score (nSPS) is 21.8. The van der Waals surface area contributed by atoms with E-state index in [4.69, 9.17) is 0 Å². The minimum absolute atomic E-state index is 0.0159. The highest BCUT2D eigenvalue weighted by Crippen LogP contribution is 2.17. The summed E-state index contributed by atoms with van der Waals surface area (Å²) in [7, 11) is 1.62. The molecule has 1 rings (SSSR count). The van der Waals surface area contributed by atoms with Crippen molar-refractivity contribution in [2.45, 2.75) is 12.2 Å². The van der Waals surface area contributed by atoms with Gasteiger partial charge in [-0.3, -0.25) is 9.79 Å². The van der Waals surface area contributed by atoms with E-state index in [9.17, 15) is 4.79 Å². The summed E-state index contributed by atoms with van der Waals surface area (Å²) in [6.45, 7) is 3.28. The minimum Gasteiger partial charge on any atom is -0.358 e. The first-order chi connectivity index (χ1) is 5.72. The number of hydrogen-bond acceptors (Lipinski definition) is 4. The van der Waals surface area contributed by atoms with E-state index in [0.29, 0.717) is 11.8 Å². The van der Waals surface area contributed by atoms with Gasteiger partial charge in [0.1, 0.15) is 0 Å². The Morgan fingerprint density at radius 2 is 2.58 bits per heavy atom. The Hall–Kier alpha value is -0.710. The third-order valence-corrected chi connectivity index (χ3v) is 2.53. The summed E-state index contributed by atoms with van der Waals surface area (Å²) in [6, 6.07) is 0. The molecule has 0 saturated carbocycles. The molecule has 0 aromatic carbocycles. The van der Waals surface area contributed by atoms with Crippen molar-refractivity contribution in [1.29, 1.82) is 0 Å². The molecule has 1 aliphatic heterocycles. The van der Waals surface area contributed by atoms with Crippen LogP contribution in [0, 0.1) is 0 Å². The van der Waals surface area contributed by atoms with Crippen LogP contribution in [0.4, 0.5) is 0 Å². The molecule has 12 heavy (non-hydrogen) atoms. The SMILES string of the molecule is CNC(=O)CNC1=NCC(C)S1. The summed E-state index contributed by atoms with van der Waals surface area (Å²) in [5.41, 5.74) is 0. The number of hydrogen-bond donors (Lipinski definition) is 2. The van der Waals surface area contributed by atoms with E-state index < -0.39 is 0 Å². The lowest BCUT2D eigenvalue weighted by Crippen LogP contribution is -2.33. The molecule has 5 heteroatoms. The van der Waals surface area contributed by atoms with E-state index >= 15 is 0 Å². The van der Waals surface area contributed by atoms with E-state index in [1.165, 1.54) is 0 Å². The van der Waals surface area contributed by atoms with Crippen LogP contribution in [0.2, 0.25) is 0 Å². The molecule has 0 aliphatic carbocycles. The second-order valence-corrected chi connectivity index (χ2v) is 4.03. The average molecular weight is 187 g/mol. The van der Waals surface area contributed by atoms with Crippen molar-refractivity contribution in [3.63, 3.8) is 0 Å². The van der Waals surface area contributed by atoms with Gasteiger partial charge in [0.15, 0.2) is 5.17 Å². The summed E-state index contributed by atoms with van der Waals surface area (Å²) in [6.07, 6.45) is 0. The first kappa shape index (κ1) is 9.38. The van der Waals surface area contributed by atoms with Gasteiger partial charge in [0.2, 0.25) is 5.91 Å². The fraction of sp³-hybridized carbons (Fsp3) is 0.714. The Morgan fingerprint density at radius 1 is 1.83 bits per heavy atom. The van der Waals surface area contributed by atoms with Gasteiger partial charge < -0.3 is 10.6 Å². The van der Waals surface area contributed by atoms with Crippen LogP contribution in [0.15, 0.2) is 4.99 Å². The molecule has 0 radical (unpaired) electrons. The second-order valence-electron chi connectivity index (χ2n) is 2.60. The van der Waals surface area contributed by atoms with Gasteiger partial charge in [0.25, 0.3) is 0 Å². The topological polar surface area (TPSA) is 53.5 Å². The zero-order valence-corrected chi connectivity index (χ0v) is 8.07. The zero-order chi connectivity index (χ0) is 8.97. The maximum atomic E-state index is 10.8. The summed E-state index contributed by atoms with van der Waals surface area (Å²) in [5.74, 6) is -0.0159. The Bertz CT molecular complexity index is 205. The first-order valence-corrected chi connectivity index (χ1v) is 4.76. The van der Waals surface area contributed by atoms with Crippen LogP contribution in [0.5, 0.6) is 0 Å². The molecule has 1 amide bonds. The van der Waals surface area contributed by atoms with Gasteiger partial charge in [0.05, 0.1) is 13.1 Å². The molecule has 68 valence electrons. The van der Waals surface area contributed by atoms with E-state index in [1.807, 2.05) is 0 Å². The molecule has 0 spiro atoms. The average Bonchev–Trinajstić information content (AvgIpc) is 2.47. The number of nitrogens with zero attached hydrogens (tertiary/aromatic N) is 1. The number of nitrogens with one attached hydrogen (secondary N) is 2. The zero-order valence-electron chi connectivity index (χ0n) is 7.26. The van der Waals surface area contributed by atoms with E-state index in [2.05, 4.69) is 22.5 Å². The third kappa shape index (κ3) is 2.73. The molecule has 1 unspecified atom stereocenters. The van der Waals surface area contributed by atoms with Crippen LogP contribution in [0.25, 0.3) is 0 Å². The lowest BCUT2D eigenvalue weighted by Gasteiger charge is -2.03. The molecular weight excluding hydrogens is 174 g/mol. The van der Waals surface area contributed by atoms with Crippen molar-refractivity contribution in [3.8, 4) is 0 Å². The second kappa shape index (κ2) is 4.35. The number of carbonyl (C=O) groups is 1. The standard InChI is InChI=1S/C7H13N3OS/c1-5-3-9-7(12-5)10-4-6(11)8-2/h5H,3-4H2,1-2H3,(H,8,11)(H,9,10). The Balaban J connectivity index is 2.20. The summed E-state index contributed by atoms with van der Waals surface area (Å²) in [4.78, 5) is 15.0. The predicted molar refractivity (Wildman–Crippen MR) is 51.4 cm³/mol. The van der Waals surface area contributed by atoms with Crippen LogP contribution < -0.4 is 10.6 Å². The van der Waals surface area contributed by atoms with E-state index in [-0.39, 0.29) is 5.91 Å². The van der Waals surface area contributed by atoms with Crippen LogP contribution in [0.1, 0.15) is 6.92 Å². The van der Waals surface area contributed by atoms with Gasteiger partial charge in [-0.25, -0.2) is 0 Å². The van der Waals surface area contributed by atoms with Crippen molar-refractivity contribution in [2.24, 2.45) is 4.99 Å². The molecule has 0 bridgehead atoms. The van der Waals surface area contributed by atoms with E-state index in [0.717, 1.165) is 11.7 Å². The summed E-state index contributed by atoms with van der Waals surface area (Å²) >= 11 is 1.68. The Morgan fingerprint density at radius 3 is 3.08 bits per heavy atom. The van der Waals surface area contributed by atoms with Gasteiger partial charge in [-0.1, -0.05) is 18.7 Å². The number of amidine groups is 1. The monoisotopic (exact) mass is 187 g/mol. The quantitative estimate of drug-likeness (QED) is 0.630. The predicted octanol–water partition coefficient (Wildman–Crippen LogP) is -0.187. The third-order valence-electron chi connectivity index (χ3n) is 1.48. The Kier molecular flexibility index (Phi) is 3.40. The van der Waals surface area contributed by atoms with Crippen molar-refractivity contribution in [3.05, 3.63) is 0 Å². The van der Waals surface area contributed by atoms with Crippen LogP contribution >= 0.6 is 11.8 Å². The fourth-order valence-corrected chi connectivity index (χ4v) is 1.65. The summed E-state index contributed by atoms with van der Waals surface area (Å²) < 4.78 is 0. The molecular formula is C7H13N3OS. The summed E-state index contributed by atoms with van der Waals surface area (Å²) in [5, 5.41) is 6.92. The molecule has 1 aliphatic rings. The maximum absolute atomic E-state index is 10.8. The smallest absolute Gasteiger partial charge is 0.239 e. The van der Waals surface area contributed by atoms with Crippen LogP contribution in [-0.2, 0) is 4.79 Å². The molecule has 1 atom stereocenters. The molecule has 0 fully saturated rings. The largest absolute Gasteiger partial charge is 0.358 e. The molecule has 0 aromatic heterocycles. The lowest BCUT2D eigenvalue weighted by atomic mass is 10.5. The van der Waals surface area contributed by atoms with Gasteiger partial charge in [0, 0.05) is 12.3 Å². The van der Waals surface area contributed by atoms with Crippen molar-refractivity contribution < 1.29 is 4.79 Å². The van der Waals surface area contributed by atoms with Gasteiger partial charge in [-0.15, -0.1) is 0 Å².